The topological polar surface area (TPSA) is 86.2 Å². The van der Waals surface area contributed by atoms with Crippen LogP contribution in [-0.2, 0) is 11.3 Å². The molecule has 1 amide bonds. The van der Waals surface area contributed by atoms with Gasteiger partial charge in [-0.2, -0.15) is 13.2 Å². The van der Waals surface area contributed by atoms with E-state index in [1.165, 1.54) is 9.13 Å². The number of halogens is 3. The molecule has 36 heavy (non-hydrogen) atoms. The lowest BCUT2D eigenvalue weighted by Crippen LogP contribution is -2.38. The van der Waals surface area contributed by atoms with Crippen LogP contribution >= 0.6 is 0 Å². The molecule has 1 N–H and O–H groups in total. The molecule has 5 aromatic rings. The molecule has 1 aromatic carbocycles. The summed E-state index contributed by atoms with van der Waals surface area (Å²) in [5, 5.41) is 1.82. The first-order valence-electron chi connectivity index (χ1n) is 11.1. The van der Waals surface area contributed by atoms with E-state index in [4.69, 9.17) is 0 Å². The summed E-state index contributed by atoms with van der Waals surface area (Å²) in [7, 11) is 0. The van der Waals surface area contributed by atoms with Crippen LogP contribution in [-0.4, -0.2) is 42.1 Å². The fourth-order valence-electron chi connectivity index (χ4n) is 4.34. The number of imidazole rings is 2. The van der Waals surface area contributed by atoms with Gasteiger partial charge in [0, 0.05) is 11.8 Å². The van der Waals surface area contributed by atoms with Gasteiger partial charge in [-0.1, -0.05) is 12.1 Å². The van der Waals surface area contributed by atoms with Gasteiger partial charge in [0.05, 0.1) is 46.7 Å². The predicted octanol–water partition coefficient (Wildman–Crippen LogP) is 3.80. The summed E-state index contributed by atoms with van der Waals surface area (Å²) < 4.78 is 42.1. The van der Waals surface area contributed by atoms with Gasteiger partial charge in [0.15, 0.2) is 0 Å². The summed E-state index contributed by atoms with van der Waals surface area (Å²) in [6.45, 7) is 1.66. The largest absolute Gasteiger partial charge is 0.405 e. The van der Waals surface area contributed by atoms with Crippen LogP contribution in [0.3, 0.4) is 0 Å². The molecule has 0 spiro atoms. The zero-order valence-electron chi connectivity index (χ0n) is 19.4. The van der Waals surface area contributed by atoms with Crippen molar-refractivity contribution >= 4 is 22.5 Å². The number of aryl methyl sites for hydroxylation is 2. The number of pyridine rings is 2. The summed E-state index contributed by atoms with van der Waals surface area (Å²) >= 11 is 0. The van der Waals surface area contributed by atoms with Gasteiger partial charge in [0.1, 0.15) is 13.1 Å². The molecule has 0 unspecified atom stereocenters. The Hall–Kier alpha value is -4.41. The van der Waals surface area contributed by atoms with Gasteiger partial charge in [-0.15, -0.1) is 0 Å². The zero-order valence-corrected chi connectivity index (χ0v) is 19.4. The van der Waals surface area contributed by atoms with Crippen molar-refractivity contribution in [2.75, 3.05) is 6.54 Å². The Morgan fingerprint density at radius 3 is 2.61 bits per heavy atom. The smallest absolute Gasteiger partial charge is 0.345 e. The van der Waals surface area contributed by atoms with E-state index in [2.05, 4.69) is 9.97 Å². The number of benzene rings is 1. The number of nitrogens with zero attached hydrogens (tertiary/aromatic N) is 5. The van der Waals surface area contributed by atoms with Crippen LogP contribution in [0.15, 0.2) is 66.1 Å². The Morgan fingerprint density at radius 2 is 1.86 bits per heavy atom. The van der Waals surface area contributed by atoms with Crippen molar-refractivity contribution < 1.29 is 18.0 Å². The molecule has 4 heterocycles. The van der Waals surface area contributed by atoms with Crippen LogP contribution in [0.25, 0.3) is 33.5 Å². The minimum Gasteiger partial charge on any atom is -0.345 e. The Morgan fingerprint density at radius 1 is 1.06 bits per heavy atom. The second-order valence-electron chi connectivity index (χ2n) is 8.50. The number of carbonyl (C=O) groups excluding carboxylic acids is 1. The second-order valence-corrected chi connectivity index (χ2v) is 8.50. The van der Waals surface area contributed by atoms with Crippen molar-refractivity contribution in [1.29, 1.82) is 0 Å². The van der Waals surface area contributed by atoms with Crippen LogP contribution in [0.2, 0.25) is 0 Å². The molecule has 0 aliphatic rings. The molecule has 11 heteroatoms. The highest BCUT2D eigenvalue weighted by Crippen LogP contribution is 2.27. The number of nitrogens with one attached hydrogen (secondary N) is 1. The second kappa shape index (κ2) is 8.67. The predicted molar refractivity (Wildman–Crippen MR) is 128 cm³/mol. The number of rotatable bonds is 5. The Kier molecular flexibility index (Phi) is 5.62. The quantitative estimate of drug-likeness (QED) is 0.403. The standard InChI is InChI=1S/C25H21F3N6O2/c1-15-5-3-7-19-23(15)34(24(36)33(19)12-22(35)31-13-25(26,27)28)20-11-30-18(9-16(20)2)17-6-4-8-32-14-29-10-21(17)32/h3-11,14H,12-13H2,1-2H3,(H,31,35). The van der Waals surface area contributed by atoms with Crippen molar-refractivity contribution in [1.82, 2.24) is 28.8 Å². The van der Waals surface area contributed by atoms with Crippen LogP contribution in [0, 0.1) is 13.8 Å². The van der Waals surface area contributed by atoms with E-state index in [9.17, 15) is 22.8 Å². The summed E-state index contributed by atoms with van der Waals surface area (Å²) in [6, 6.07) is 10.9. The molecule has 0 aliphatic heterocycles. The van der Waals surface area contributed by atoms with Crippen molar-refractivity contribution in [3.05, 3.63) is 82.9 Å². The van der Waals surface area contributed by atoms with Gasteiger partial charge < -0.3 is 9.72 Å². The minimum absolute atomic E-state index is 0.440. The number of para-hydroxylation sites is 1. The van der Waals surface area contributed by atoms with Crippen molar-refractivity contribution in [2.24, 2.45) is 0 Å². The lowest BCUT2D eigenvalue weighted by molar-refractivity contribution is -0.138. The molecule has 5 rings (SSSR count). The number of fused-ring (bicyclic) bond motifs is 2. The number of carbonyl (C=O) groups is 1. The molecular formula is C25H21F3N6O2. The number of aromatic nitrogens is 5. The highest BCUT2D eigenvalue weighted by molar-refractivity contribution is 5.85. The Balaban J connectivity index is 1.60. The normalized spacial score (nSPS) is 11.9. The monoisotopic (exact) mass is 494 g/mol. The van der Waals surface area contributed by atoms with E-state index in [0.717, 1.165) is 22.2 Å². The van der Waals surface area contributed by atoms with Gasteiger partial charge >= 0.3 is 11.9 Å². The molecular weight excluding hydrogens is 473 g/mol. The SMILES string of the molecule is Cc1cc(-c2cccn3cncc23)ncc1-n1c(=O)n(CC(=O)NCC(F)(F)F)c2cccc(C)c21. The molecule has 184 valence electrons. The van der Waals surface area contributed by atoms with E-state index < -0.39 is 30.9 Å². The first kappa shape index (κ1) is 23.3. The Bertz CT molecular complexity index is 1680. The van der Waals surface area contributed by atoms with E-state index in [0.29, 0.717) is 22.4 Å². The molecule has 0 bridgehead atoms. The number of hydrogen-bond acceptors (Lipinski definition) is 4. The fraction of sp³-hybridized carbons (Fsp3) is 0.200. The molecule has 0 saturated carbocycles. The summed E-state index contributed by atoms with van der Waals surface area (Å²) in [5.41, 5.74) is 4.94. The average Bonchev–Trinajstić information content (AvgIpc) is 3.41. The van der Waals surface area contributed by atoms with Crippen LogP contribution in [0.5, 0.6) is 0 Å². The maximum atomic E-state index is 13.5. The van der Waals surface area contributed by atoms with Gasteiger partial charge in [-0.25, -0.2) is 9.78 Å². The van der Waals surface area contributed by atoms with Crippen molar-refractivity contribution in [2.45, 2.75) is 26.6 Å². The van der Waals surface area contributed by atoms with Gasteiger partial charge in [-0.3, -0.25) is 18.9 Å². The summed E-state index contributed by atoms with van der Waals surface area (Å²) in [4.78, 5) is 34.5. The maximum Gasteiger partial charge on any atom is 0.405 e. The van der Waals surface area contributed by atoms with E-state index in [1.807, 2.05) is 54.0 Å². The maximum absolute atomic E-state index is 13.5. The van der Waals surface area contributed by atoms with Crippen molar-refractivity contribution in [3.63, 3.8) is 0 Å². The molecule has 0 fully saturated rings. The van der Waals surface area contributed by atoms with E-state index in [-0.39, 0.29) is 0 Å². The molecule has 0 aliphatic carbocycles. The highest BCUT2D eigenvalue weighted by atomic mass is 19.4. The first-order chi connectivity index (χ1) is 17.1. The van der Waals surface area contributed by atoms with Crippen LogP contribution < -0.4 is 11.0 Å². The minimum atomic E-state index is -4.54. The molecule has 0 atom stereocenters. The lowest BCUT2D eigenvalue weighted by atomic mass is 10.1. The van der Waals surface area contributed by atoms with Crippen LogP contribution in [0.4, 0.5) is 13.2 Å². The Labute approximate surface area is 202 Å². The molecule has 0 saturated heterocycles. The third-order valence-corrected chi connectivity index (χ3v) is 5.99. The van der Waals surface area contributed by atoms with Crippen molar-refractivity contribution in [3.8, 4) is 16.9 Å². The van der Waals surface area contributed by atoms with Gasteiger partial charge in [0.2, 0.25) is 5.91 Å². The average molecular weight is 494 g/mol. The fourth-order valence-corrected chi connectivity index (χ4v) is 4.34. The summed E-state index contributed by atoms with van der Waals surface area (Å²) in [5.74, 6) is -0.908. The van der Waals surface area contributed by atoms with Gasteiger partial charge in [-0.05, 0) is 49.2 Å². The number of hydrogen-bond donors (Lipinski definition) is 1. The third kappa shape index (κ3) is 4.12. The van der Waals surface area contributed by atoms with Crippen LogP contribution in [0.1, 0.15) is 11.1 Å². The van der Waals surface area contributed by atoms with Gasteiger partial charge in [0.25, 0.3) is 0 Å². The van der Waals surface area contributed by atoms with E-state index >= 15 is 0 Å². The van der Waals surface area contributed by atoms with E-state index in [1.54, 1.807) is 30.9 Å². The zero-order chi connectivity index (χ0) is 25.6. The third-order valence-electron chi connectivity index (χ3n) is 5.99. The molecule has 8 nitrogen and oxygen atoms in total. The first-order valence-corrected chi connectivity index (χ1v) is 11.1. The molecule has 4 aromatic heterocycles. The summed E-state index contributed by atoms with van der Waals surface area (Å²) in [6.07, 6.45) is 2.37. The number of alkyl halides is 3. The number of amides is 1. The lowest BCUT2D eigenvalue weighted by Gasteiger charge is -2.11. The highest BCUT2D eigenvalue weighted by Gasteiger charge is 2.28. The molecule has 0 radical (unpaired) electrons.